The van der Waals surface area contributed by atoms with Crippen molar-refractivity contribution in [1.29, 1.82) is 5.26 Å². The van der Waals surface area contributed by atoms with Crippen molar-refractivity contribution in [3.63, 3.8) is 0 Å². The maximum absolute atomic E-state index is 12.5. The summed E-state index contributed by atoms with van der Waals surface area (Å²) in [5.74, 6) is -0.444. The van der Waals surface area contributed by atoms with E-state index in [0.29, 0.717) is 17.0 Å². The van der Waals surface area contributed by atoms with E-state index in [1.54, 1.807) is 49.7 Å². The highest BCUT2D eigenvalue weighted by atomic mass is 16.5. The molecule has 1 atom stereocenters. The van der Waals surface area contributed by atoms with Crippen molar-refractivity contribution in [2.24, 2.45) is 0 Å². The lowest BCUT2D eigenvalue weighted by atomic mass is 9.92. The molecule has 0 unspecified atom stereocenters. The summed E-state index contributed by atoms with van der Waals surface area (Å²) in [4.78, 5) is 16.6. The van der Waals surface area contributed by atoms with Crippen LogP contribution in [-0.4, -0.2) is 17.9 Å². The third-order valence-electron chi connectivity index (χ3n) is 3.07. The molecule has 0 bridgehead atoms. The van der Waals surface area contributed by atoms with Gasteiger partial charge in [0.25, 0.3) is 0 Å². The maximum atomic E-state index is 12.5. The highest BCUT2D eigenvalue weighted by Gasteiger charge is 2.24. The van der Waals surface area contributed by atoms with Crippen LogP contribution in [0.3, 0.4) is 0 Å². The van der Waals surface area contributed by atoms with Crippen molar-refractivity contribution in [3.8, 4) is 11.8 Å². The fourth-order valence-corrected chi connectivity index (χ4v) is 2.00. The summed E-state index contributed by atoms with van der Waals surface area (Å²) >= 11 is 0. The molecule has 0 spiro atoms. The monoisotopic (exact) mass is 266 g/mol. The molecule has 0 aliphatic heterocycles. The predicted molar refractivity (Wildman–Crippen MR) is 74.7 cm³/mol. The number of methoxy groups -OCH3 is 1. The molecule has 1 aromatic carbocycles. The number of carbonyl (C=O) groups is 1. The summed E-state index contributed by atoms with van der Waals surface area (Å²) in [6, 6.07) is 12.4. The number of rotatable bonds is 4. The molecule has 0 saturated carbocycles. The Kier molecular flexibility index (Phi) is 4.11. The van der Waals surface area contributed by atoms with Crippen molar-refractivity contribution in [2.75, 3.05) is 7.11 Å². The Hall–Kier alpha value is -2.67. The van der Waals surface area contributed by atoms with Gasteiger partial charge in [0.15, 0.2) is 11.7 Å². The van der Waals surface area contributed by atoms with Gasteiger partial charge >= 0.3 is 0 Å². The first kappa shape index (κ1) is 13.8. The summed E-state index contributed by atoms with van der Waals surface area (Å²) in [6.45, 7) is 1.82. The second kappa shape index (κ2) is 5.98. The van der Waals surface area contributed by atoms with Crippen LogP contribution in [0.2, 0.25) is 0 Å². The van der Waals surface area contributed by atoms with Crippen LogP contribution in [0.5, 0.6) is 5.75 Å². The van der Waals surface area contributed by atoms with E-state index in [0.717, 1.165) is 5.56 Å². The Morgan fingerprint density at radius 3 is 2.70 bits per heavy atom. The summed E-state index contributed by atoms with van der Waals surface area (Å²) < 4.78 is 5.11. The normalized spacial score (nSPS) is 11.4. The van der Waals surface area contributed by atoms with Crippen LogP contribution >= 0.6 is 0 Å². The Morgan fingerprint density at radius 2 is 2.15 bits per heavy atom. The molecule has 4 heteroatoms. The number of aryl methyl sites for hydroxylation is 1. The van der Waals surface area contributed by atoms with Gasteiger partial charge in [-0.25, -0.2) is 0 Å². The minimum atomic E-state index is -0.886. The zero-order valence-corrected chi connectivity index (χ0v) is 11.3. The van der Waals surface area contributed by atoms with Crippen molar-refractivity contribution in [2.45, 2.75) is 12.8 Å². The number of ketones is 1. The van der Waals surface area contributed by atoms with E-state index in [2.05, 4.69) is 4.98 Å². The molecule has 4 nitrogen and oxygen atoms in total. The molecule has 1 heterocycles. The van der Waals surface area contributed by atoms with E-state index < -0.39 is 5.92 Å². The van der Waals surface area contributed by atoms with E-state index in [1.807, 2.05) is 13.0 Å². The van der Waals surface area contributed by atoms with Crippen molar-refractivity contribution in [1.82, 2.24) is 4.98 Å². The van der Waals surface area contributed by atoms with E-state index in [1.165, 1.54) is 0 Å². The molecule has 1 aromatic heterocycles. The van der Waals surface area contributed by atoms with Gasteiger partial charge in [-0.1, -0.05) is 6.07 Å². The molecule has 0 aliphatic rings. The highest BCUT2D eigenvalue weighted by molar-refractivity contribution is 6.03. The largest absolute Gasteiger partial charge is 0.497 e. The van der Waals surface area contributed by atoms with Crippen LogP contribution in [0, 0.1) is 18.3 Å². The predicted octanol–water partition coefficient (Wildman–Crippen LogP) is 2.89. The SMILES string of the molecule is COc1ccc(C(=O)[C@H](C#N)c2ccccn2)c(C)c1. The Morgan fingerprint density at radius 1 is 1.35 bits per heavy atom. The number of hydrogen-bond donors (Lipinski definition) is 0. The maximum Gasteiger partial charge on any atom is 0.186 e. The van der Waals surface area contributed by atoms with Gasteiger partial charge in [0.1, 0.15) is 5.75 Å². The number of nitriles is 1. The number of Topliss-reactive ketones (excluding diaryl/α,β-unsaturated/α-hetero) is 1. The van der Waals surface area contributed by atoms with Crippen LogP contribution in [0.1, 0.15) is 27.5 Å². The fourth-order valence-electron chi connectivity index (χ4n) is 2.00. The average molecular weight is 266 g/mol. The second-order valence-corrected chi connectivity index (χ2v) is 4.36. The molecule has 20 heavy (non-hydrogen) atoms. The molecule has 2 aromatic rings. The zero-order valence-electron chi connectivity index (χ0n) is 11.3. The van der Waals surface area contributed by atoms with Gasteiger partial charge in [-0.15, -0.1) is 0 Å². The summed E-state index contributed by atoms with van der Waals surface area (Å²) in [5.41, 5.74) is 1.77. The van der Waals surface area contributed by atoms with E-state index >= 15 is 0 Å². The molecule has 0 amide bonds. The summed E-state index contributed by atoms with van der Waals surface area (Å²) in [5, 5.41) is 9.27. The first-order valence-electron chi connectivity index (χ1n) is 6.16. The van der Waals surface area contributed by atoms with Gasteiger partial charge in [0.05, 0.1) is 18.9 Å². The van der Waals surface area contributed by atoms with Crippen molar-refractivity contribution in [3.05, 3.63) is 59.4 Å². The van der Waals surface area contributed by atoms with Gasteiger partial charge < -0.3 is 4.74 Å². The van der Waals surface area contributed by atoms with Gasteiger partial charge in [-0.05, 0) is 42.8 Å². The summed E-state index contributed by atoms with van der Waals surface area (Å²) in [6.07, 6.45) is 1.58. The Labute approximate surface area is 117 Å². The molecular weight excluding hydrogens is 252 g/mol. The van der Waals surface area contributed by atoms with Crippen LogP contribution < -0.4 is 4.74 Å². The first-order chi connectivity index (χ1) is 9.67. The smallest absolute Gasteiger partial charge is 0.186 e. The second-order valence-electron chi connectivity index (χ2n) is 4.36. The van der Waals surface area contributed by atoms with Crippen molar-refractivity contribution < 1.29 is 9.53 Å². The molecule has 0 fully saturated rings. The summed E-state index contributed by atoms with van der Waals surface area (Å²) in [7, 11) is 1.57. The van der Waals surface area contributed by atoms with Gasteiger partial charge in [-0.3, -0.25) is 9.78 Å². The minimum absolute atomic E-state index is 0.244. The molecule has 100 valence electrons. The first-order valence-corrected chi connectivity index (χ1v) is 6.16. The molecule has 2 rings (SSSR count). The van der Waals surface area contributed by atoms with E-state index in [9.17, 15) is 10.1 Å². The number of nitrogens with zero attached hydrogens (tertiary/aromatic N) is 2. The standard InChI is InChI=1S/C16H14N2O2/c1-11-9-12(20-2)6-7-13(11)16(19)14(10-17)15-5-3-4-8-18-15/h3-9,14H,1-2H3/t14-/m1/s1. The van der Waals surface area contributed by atoms with Crippen LogP contribution in [0.4, 0.5) is 0 Å². The van der Waals surface area contributed by atoms with E-state index in [-0.39, 0.29) is 5.78 Å². The number of aromatic nitrogens is 1. The highest BCUT2D eigenvalue weighted by Crippen LogP contribution is 2.23. The number of pyridine rings is 1. The lowest BCUT2D eigenvalue weighted by Gasteiger charge is -2.11. The van der Waals surface area contributed by atoms with Gasteiger partial charge in [0.2, 0.25) is 0 Å². The molecule has 0 N–H and O–H groups in total. The van der Waals surface area contributed by atoms with Gasteiger partial charge in [0, 0.05) is 11.8 Å². The number of ether oxygens (including phenoxy) is 1. The lowest BCUT2D eigenvalue weighted by molar-refractivity contribution is 0.0977. The van der Waals surface area contributed by atoms with Gasteiger partial charge in [-0.2, -0.15) is 5.26 Å². The minimum Gasteiger partial charge on any atom is -0.497 e. The molecule has 0 aliphatic carbocycles. The average Bonchev–Trinajstić information content (AvgIpc) is 2.48. The number of hydrogen-bond acceptors (Lipinski definition) is 4. The van der Waals surface area contributed by atoms with Crippen LogP contribution in [0.25, 0.3) is 0 Å². The van der Waals surface area contributed by atoms with E-state index in [4.69, 9.17) is 4.74 Å². The number of benzene rings is 1. The molecular formula is C16H14N2O2. The third kappa shape index (κ3) is 2.67. The Balaban J connectivity index is 2.38. The quantitative estimate of drug-likeness (QED) is 0.798. The number of carbonyl (C=O) groups excluding carboxylic acids is 1. The van der Waals surface area contributed by atoms with Crippen LogP contribution in [0.15, 0.2) is 42.6 Å². The van der Waals surface area contributed by atoms with Crippen molar-refractivity contribution >= 4 is 5.78 Å². The lowest BCUT2D eigenvalue weighted by Crippen LogP contribution is -2.13. The molecule has 0 saturated heterocycles. The van der Waals surface area contributed by atoms with Crippen LogP contribution in [-0.2, 0) is 0 Å². The Bertz CT molecular complexity index is 660. The fraction of sp³-hybridized carbons (Fsp3) is 0.188. The topological polar surface area (TPSA) is 63.0 Å². The molecule has 0 radical (unpaired) electrons. The zero-order chi connectivity index (χ0) is 14.5. The third-order valence-corrected chi connectivity index (χ3v) is 3.07.